The van der Waals surface area contributed by atoms with Gasteiger partial charge in [0.2, 0.25) is 0 Å². The van der Waals surface area contributed by atoms with Gasteiger partial charge in [-0.15, -0.1) is 0 Å². The predicted octanol–water partition coefficient (Wildman–Crippen LogP) is 8.68. The zero-order valence-corrected chi connectivity index (χ0v) is 21.0. The highest BCUT2D eigenvalue weighted by atomic mass is 32.2. The minimum absolute atomic E-state index is 0.0694. The lowest BCUT2D eigenvalue weighted by Crippen LogP contribution is -2.12. The predicted molar refractivity (Wildman–Crippen MR) is 125 cm³/mol. The number of rotatable bonds is 3. The van der Waals surface area contributed by atoms with Gasteiger partial charge in [0.05, 0.1) is 9.82 Å². The number of anilines is 1. The Morgan fingerprint density at radius 2 is 1.12 bits per heavy atom. The second kappa shape index (κ2) is 10.7. The van der Waals surface area contributed by atoms with Gasteiger partial charge in [-0.3, -0.25) is 10.1 Å². The Bertz CT molecular complexity index is 1010. The van der Waals surface area contributed by atoms with E-state index >= 15 is 0 Å². The van der Waals surface area contributed by atoms with E-state index in [2.05, 4.69) is 0 Å². The summed E-state index contributed by atoms with van der Waals surface area (Å²) >= 11 is -0.623. The lowest BCUT2D eigenvalue weighted by Gasteiger charge is -2.20. The summed E-state index contributed by atoms with van der Waals surface area (Å²) in [5.41, 5.74) is -2.77. The molecule has 190 valence electrons. The highest BCUT2D eigenvalue weighted by Crippen LogP contribution is 2.43. The molecule has 2 rings (SSSR count). The molecule has 0 spiro atoms. The van der Waals surface area contributed by atoms with Crippen molar-refractivity contribution in [1.29, 1.82) is 0 Å². The molecule has 2 aromatic carbocycles. The normalized spacial score (nSPS) is 12.7. The molecule has 0 aromatic heterocycles. The Morgan fingerprint density at radius 3 is 1.50 bits per heavy atom. The maximum Gasteiger partial charge on any atom is 0.446 e. The van der Waals surface area contributed by atoms with E-state index in [0.29, 0.717) is 5.56 Å². The Kier molecular flexibility index (Phi) is 9.40. The number of benzene rings is 2. The second-order valence-electron chi connectivity index (χ2n) is 9.29. The zero-order valence-electron chi connectivity index (χ0n) is 19.4. The van der Waals surface area contributed by atoms with Crippen molar-refractivity contribution in [3.63, 3.8) is 0 Å². The van der Waals surface area contributed by atoms with Gasteiger partial charge in [-0.05, 0) is 63.7 Å². The van der Waals surface area contributed by atoms with Crippen LogP contribution in [0.4, 0.5) is 37.7 Å². The van der Waals surface area contributed by atoms with Gasteiger partial charge in [-0.25, -0.2) is 0 Å². The highest BCUT2D eigenvalue weighted by molar-refractivity contribution is 8.00. The molecule has 0 saturated heterocycles. The summed E-state index contributed by atoms with van der Waals surface area (Å²) in [5, 5.41) is 10.7. The first-order valence-electron chi connectivity index (χ1n) is 9.80. The number of alkyl halides is 6. The van der Waals surface area contributed by atoms with Gasteiger partial charge >= 0.3 is 11.0 Å². The lowest BCUT2D eigenvalue weighted by molar-refractivity contribution is -0.387. The first-order valence-corrected chi connectivity index (χ1v) is 11.4. The number of hydrogen-bond acceptors (Lipinski definition) is 5. The molecule has 0 fully saturated rings. The Labute approximate surface area is 202 Å². The molecule has 0 aliphatic carbocycles. The van der Waals surface area contributed by atoms with Crippen LogP contribution in [0.25, 0.3) is 0 Å². The van der Waals surface area contributed by atoms with Gasteiger partial charge < -0.3 is 5.73 Å². The first-order chi connectivity index (χ1) is 15.1. The van der Waals surface area contributed by atoms with E-state index in [4.69, 9.17) is 5.73 Å². The van der Waals surface area contributed by atoms with Crippen LogP contribution in [-0.2, 0) is 10.8 Å². The molecule has 0 atom stereocenters. The molecule has 0 heterocycles. The number of nitrogen functional groups attached to an aromatic ring is 1. The number of halogens is 6. The molecule has 0 amide bonds. The molecule has 0 saturated carbocycles. The number of nitro groups is 1. The molecule has 0 radical (unpaired) electrons. The van der Waals surface area contributed by atoms with Crippen molar-refractivity contribution in [2.75, 3.05) is 5.73 Å². The number of nitrogens with zero attached hydrogens (tertiary/aromatic N) is 1. The van der Waals surface area contributed by atoms with Gasteiger partial charge in [0, 0.05) is 16.6 Å². The van der Waals surface area contributed by atoms with Crippen LogP contribution in [0.3, 0.4) is 0 Å². The molecule has 0 aliphatic heterocycles. The van der Waals surface area contributed by atoms with Crippen molar-refractivity contribution in [2.45, 2.75) is 73.2 Å². The number of nitro benzene ring substituents is 1. The second-order valence-corrected chi connectivity index (χ2v) is 11.5. The molecular formula is C22H26F6N2O2S2. The minimum Gasteiger partial charge on any atom is -0.398 e. The molecule has 4 nitrogen and oxygen atoms in total. The van der Waals surface area contributed by atoms with Gasteiger partial charge in [-0.2, -0.15) is 26.3 Å². The molecule has 0 unspecified atom stereocenters. The molecule has 2 aromatic rings. The van der Waals surface area contributed by atoms with Crippen molar-refractivity contribution in [3.8, 4) is 0 Å². The van der Waals surface area contributed by atoms with Gasteiger partial charge in [0.25, 0.3) is 5.69 Å². The summed E-state index contributed by atoms with van der Waals surface area (Å²) in [6, 6.07) is 8.63. The summed E-state index contributed by atoms with van der Waals surface area (Å²) in [5.74, 6) is 0. The fraction of sp³-hybridized carbons (Fsp3) is 0.455. The summed E-state index contributed by atoms with van der Waals surface area (Å²) < 4.78 is 73.8. The van der Waals surface area contributed by atoms with Crippen LogP contribution in [0.1, 0.15) is 52.7 Å². The number of hydrogen-bond donors (Lipinski definition) is 1. The third-order valence-corrected chi connectivity index (χ3v) is 5.94. The largest absolute Gasteiger partial charge is 0.446 e. The van der Waals surface area contributed by atoms with E-state index < -0.39 is 33.4 Å². The summed E-state index contributed by atoms with van der Waals surface area (Å²) in [6.45, 7) is 11.3. The quantitative estimate of drug-likeness (QED) is 0.142. The van der Waals surface area contributed by atoms with Crippen LogP contribution in [0.15, 0.2) is 46.2 Å². The van der Waals surface area contributed by atoms with Gasteiger partial charge in [0.1, 0.15) is 0 Å². The van der Waals surface area contributed by atoms with E-state index in [1.54, 1.807) is 6.07 Å². The number of nitrogens with two attached hydrogens (primary N) is 1. The van der Waals surface area contributed by atoms with Crippen molar-refractivity contribution in [1.82, 2.24) is 0 Å². The van der Waals surface area contributed by atoms with Gasteiger partial charge in [-0.1, -0.05) is 53.7 Å². The monoisotopic (exact) mass is 528 g/mol. The molecule has 34 heavy (non-hydrogen) atoms. The van der Waals surface area contributed by atoms with Crippen molar-refractivity contribution < 1.29 is 31.3 Å². The SMILES string of the molecule is CC(C)(C)c1ccc(N)c(SC(F)(F)F)c1.CC(C)(C)c1ccc([N+](=O)[O-])c(SC(F)(F)F)c1. The van der Waals surface area contributed by atoms with Crippen LogP contribution in [0.5, 0.6) is 0 Å². The van der Waals surface area contributed by atoms with Gasteiger partial charge in [0.15, 0.2) is 0 Å². The van der Waals surface area contributed by atoms with Crippen molar-refractivity contribution in [2.24, 2.45) is 0 Å². The topological polar surface area (TPSA) is 69.2 Å². The lowest BCUT2D eigenvalue weighted by atomic mass is 9.87. The molecule has 12 heteroatoms. The Balaban J connectivity index is 0.000000342. The molecule has 0 aliphatic rings. The number of thioether (sulfide) groups is 2. The highest BCUT2D eigenvalue weighted by Gasteiger charge is 2.34. The molecule has 0 bridgehead atoms. The van der Waals surface area contributed by atoms with Crippen LogP contribution in [0, 0.1) is 10.1 Å². The fourth-order valence-electron chi connectivity index (χ4n) is 2.55. The van der Waals surface area contributed by atoms with E-state index in [1.165, 1.54) is 24.3 Å². The van der Waals surface area contributed by atoms with Crippen molar-refractivity contribution in [3.05, 3.63) is 57.6 Å². The Hall–Kier alpha value is -2.08. The summed E-state index contributed by atoms with van der Waals surface area (Å²) in [7, 11) is 0. The fourth-order valence-corrected chi connectivity index (χ4v) is 3.86. The summed E-state index contributed by atoms with van der Waals surface area (Å²) in [4.78, 5) is 9.58. The maximum absolute atomic E-state index is 12.4. The van der Waals surface area contributed by atoms with Crippen LogP contribution >= 0.6 is 23.5 Å². The van der Waals surface area contributed by atoms with Crippen LogP contribution < -0.4 is 5.73 Å². The van der Waals surface area contributed by atoms with E-state index in [-0.39, 0.29) is 38.1 Å². The van der Waals surface area contributed by atoms with E-state index in [9.17, 15) is 36.5 Å². The smallest absolute Gasteiger partial charge is 0.398 e. The maximum atomic E-state index is 12.4. The average Bonchev–Trinajstić information content (AvgIpc) is 2.59. The molecular weight excluding hydrogens is 502 g/mol. The Morgan fingerprint density at radius 1 is 0.735 bits per heavy atom. The zero-order chi connectivity index (χ0) is 26.7. The van der Waals surface area contributed by atoms with E-state index in [0.717, 1.165) is 11.6 Å². The van der Waals surface area contributed by atoms with Crippen LogP contribution in [0.2, 0.25) is 0 Å². The standard InChI is InChI=1S/C11H12F3NO2S.C11H14F3NS/c1-10(2,3)7-4-5-8(15(16)17)9(6-7)18-11(12,13)14;1-10(2,3)7-4-5-8(15)9(6-7)16-11(12,13)14/h4-6H,1-3H3;4-6H,15H2,1-3H3. The molecule has 2 N–H and O–H groups in total. The average molecular weight is 529 g/mol. The first kappa shape index (κ1) is 30.0. The third kappa shape index (κ3) is 10.0. The third-order valence-electron chi connectivity index (χ3n) is 4.35. The summed E-state index contributed by atoms with van der Waals surface area (Å²) in [6.07, 6.45) is 0. The van der Waals surface area contributed by atoms with Crippen LogP contribution in [-0.4, -0.2) is 15.9 Å². The van der Waals surface area contributed by atoms with E-state index in [1.807, 2.05) is 41.5 Å². The minimum atomic E-state index is -4.54. The van der Waals surface area contributed by atoms with Crippen molar-refractivity contribution >= 4 is 34.9 Å².